The van der Waals surface area contributed by atoms with E-state index in [9.17, 15) is 0 Å². The third-order valence-electron chi connectivity index (χ3n) is 10.5. The Hall–Kier alpha value is -6.84. The van der Waals surface area contributed by atoms with Gasteiger partial charge in [-0.1, -0.05) is 121 Å². The number of para-hydroxylation sites is 4. The van der Waals surface area contributed by atoms with E-state index in [1.807, 2.05) is 0 Å². The van der Waals surface area contributed by atoms with Crippen LogP contribution in [0.5, 0.6) is 0 Å². The normalized spacial score (nSPS) is 11.9. The van der Waals surface area contributed by atoms with E-state index in [4.69, 9.17) is 4.42 Å². The van der Waals surface area contributed by atoms with Gasteiger partial charge in [0.2, 0.25) is 0 Å². The maximum atomic E-state index is 6.66. The van der Waals surface area contributed by atoms with Crippen molar-refractivity contribution in [3.63, 3.8) is 0 Å². The van der Waals surface area contributed by atoms with Crippen LogP contribution in [0.15, 0.2) is 186 Å². The van der Waals surface area contributed by atoms with Crippen molar-refractivity contribution in [3.05, 3.63) is 182 Å². The van der Waals surface area contributed by atoms with Gasteiger partial charge in [-0.3, -0.25) is 0 Å². The Bertz CT molecular complexity index is 3130. The lowest BCUT2D eigenvalue weighted by Crippen LogP contribution is -1.94. The van der Waals surface area contributed by atoms with Crippen LogP contribution in [0.2, 0.25) is 0 Å². The first-order valence-electron chi connectivity index (χ1n) is 17.4. The van der Waals surface area contributed by atoms with Crippen molar-refractivity contribution in [3.8, 4) is 33.6 Å². The second-order valence-electron chi connectivity index (χ2n) is 13.3. The van der Waals surface area contributed by atoms with E-state index in [1.54, 1.807) is 0 Å². The molecule has 8 aromatic carbocycles. The molecule has 0 atom stereocenters. The summed E-state index contributed by atoms with van der Waals surface area (Å²) in [6, 6.07) is 65.4. The van der Waals surface area contributed by atoms with Gasteiger partial charge in [-0.25, -0.2) is 0 Å². The Labute approximate surface area is 293 Å². The van der Waals surface area contributed by atoms with Gasteiger partial charge in [0.05, 0.1) is 33.1 Å². The van der Waals surface area contributed by atoms with Crippen LogP contribution in [0.4, 0.5) is 0 Å². The minimum atomic E-state index is 0.886. The molecule has 0 fully saturated rings. The lowest BCUT2D eigenvalue weighted by atomic mass is 10.0. The standard InChI is InChI=1S/C48H30N2O/c1-3-13-31(14-4-1)35-19-11-20-38-47-45(23-12-24-46(47)51-48(35)38)50-42-22-10-8-18-37(42)40-30-33(26-28-44(40)50)32-25-27-43-39(29-32)36-17-7-9-21-41(36)49(43)34-15-5-2-6-16-34/h1-30H. The van der Waals surface area contributed by atoms with Crippen LogP contribution in [-0.4, -0.2) is 9.13 Å². The highest BCUT2D eigenvalue weighted by atomic mass is 16.3. The van der Waals surface area contributed by atoms with E-state index in [0.29, 0.717) is 0 Å². The van der Waals surface area contributed by atoms with E-state index in [0.717, 1.165) is 38.8 Å². The van der Waals surface area contributed by atoms with Gasteiger partial charge in [-0.15, -0.1) is 0 Å². The summed E-state index contributed by atoms with van der Waals surface area (Å²) in [5.41, 5.74) is 13.5. The molecule has 3 heteroatoms. The summed E-state index contributed by atoms with van der Waals surface area (Å²) >= 11 is 0. The molecule has 238 valence electrons. The minimum absolute atomic E-state index is 0.886. The number of hydrogen-bond acceptors (Lipinski definition) is 1. The van der Waals surface area contributed by atoms with Crippen LogP contribution in [0, 0.1) is 0 Å². The van der Waals surface area contributed by atoms with Crippen molar-refractivity contribution in [1.82, 2.24) is 9.13 Å². The molecule has 0 saturated carbocycles. The molecule has 0 unspecified atom stereocenters. The summed E-state index contributed by atoms with van der Waals surface area (Å²) in [5, 5.41) is 7.20. The SMILES string of the molecule is c1ccc(-c2cccc3c2oc2cccc(-n4c5ccccc5c5cc(-c6ccc7c(c6)c6ccccc6n7-c6ccccc6)ccc54)c23)cc1. The zero-order valence-corrected chi connectivity index (χ0v) is 27.6. The van der Waals surface area contributed by atoms with Crippen LogP contribution < -0.4 is 0 Å². The Morgan fingerprint density at radius 3 is 1.61 bits per heavy atom. The smallest absolute Gasteiger partial charge is 0.143 e. The quantitative estimate of drug-likeness (QED) is 0.186. The first-order chi connectivity index (χ1) is 25.3. The van der Waals surface area contributed by atoms with Gasteiger partial charge in [0, 0.05) is 38.2 Å². The summed E-state index contributed by atoms with van der Waals surface area (Å²) in [6.45, 7) is 0. The molecule has 3 aromatic heterocycles. The molecule has 0 aliphatic carbocycles. The maximum Gasteiger partial charge on any atom is 0.143 e. The van der Waals surface area contributed by atoms with Gasteiger partial charge >= 0.3 is 0 Å². The summed E-state index contributed by atoms with van der Waals surface area (Å²) < 4.78 is 11.4. The summed E-state index contributed by atoms with van der Waals surface area (Å²) in [5.74, 6) is 0. The van der Waals surface area contributed by atoms with E-state index in [-0.39, 0.29) is 0 Å². The van der Waals surface area contributed by atoms with Gasteiger partial charge in [0.25, 0.3) is 0 Å². The molecule has 0 N–H and O–H groups in total. The third kappa shape index (κ3) is 4.12. The second kappa shape index (κ2) is 10.8. The van der Waals surface area contributed by atoms with Crippen LogP contribution in [0.25, 0.3) is 99.2 Å². The van der Waals surface area contributed by atoms with Crippen molar-refractivity contribution in [2.24, 2.45) is 0 Å². The van der Waals surface area contributed by atoms with Crippen molar-refractivity contribution in [2.45, 2.75) is 0 Å². The molecule has 11 rings (SSSR count). The summed E-state index contributed by atoms with van der Waals surface area (Å²) in [7, 11) is 0. The fourth-order valence-electron chi connectivity index (χ4n) is 8.28. The highest BCUT2D eigenvalue weighted by Crippen LogP contribution is 2.42. The maximum absolute atomic E-state index is 6.66. The van der Waals surface area contributed by atoms with Crippen molar-refractivity contribution >= 4 is 65.6 Å². The van der Waals surface area contributed by atoms with Crippen LogP contribution in [0.3, 0.4) is 0 Å². The molecule has 0 aliphatic heterocycles. The molecule has 11 aromatic rings. The molecule has 3 nitrogen and oxygen atoms in total. The van der Waals surface area contributed by atoms with Gasteiger partial charge in [-0.2, -0.15) is 0 Å². The number of benzene rings is 8. The number of aromatic nitrogens is 2. The molecule has 0 saturated heterocycles. The van der Waals surface area contributed by atoms with E-state index in [1.165, 1.54) is 60.4 Å². The van der Waals surface area contributed by atoms with Gasteiger partial charge in [0.15, 0.2) is 0 Å². The number of nitrogens with zero attached hydrogens (tertiary/aromatic N) is 2. The zero-order valence-electron chi connectivity index (χ0n) is 27.6. The lowest BCUT2D eigenvalue weighted by molar-refractivity contribution is 0.670. The van der Waals surface area contributed by atoms with Gasteiger partial charge < -0.3 is 13.6 Å². The average Bonchev–Trinajstić information content (AvgIpc) is 3.86. The van der Waals surface area contributed by atoms with Crippen molar-refractivity contribution in [2.75, 3.05) is 0 Å². The highest BCUT2D eigenvalue weighted by molar-refractivity contribution is 6.17. The Kier molecular flexibility index (Phi) is 5.96. The highest BCUT2D eigenvalue weighted by Gasteiger charge is 2.20. The second-order valence-corrected chi connectivity index (χ2v) is 13.3. The topological polar surface area (TPSA) is 23.0 Å². The zero-order chi connectivity index (χ0) is 33.5. The van der Waals surface area contributed by atoms with Gasteiger partial charge in [-0.05, 0) is 77.4 Å². The number of hydrogen-bond donors (Lipinski definition) is 0. The molecular weight excluding hydrogens is 621 g/mol. The number of rotatable bonds is 4. The first-order valence-corrected chi connectivity index (χ1v) is 17.4. The molecule has 51 heavy (non-hydrogen) atoms. The van der Waals surface area contributed by atoms with E-state index < -0.39 is 0 Å². The fourth-order valence-corrected chi connectivity index (χ4v) is 8.28. The molecular formula is C48H30N2O. The average molecular weight is 651 g/mol. The van der Waals surface area contributed by atoms with Crippen LogP contribution in [0.1, 0.15) is 0 Å². The Morgan fingerprint density at radius 2 is 0.902 bits per heavy atom. The Balaban J connectivity index is 1.12. The minimum Gasteiger partial charge on any atom is -0.455 e. The predicted octanol–water partition coefficient (Wildman–Crippen LogP) is 13.1. The summed E-state index contributed by atoms with van der Waals surface area (Å²) in [4.78, 5) is 0. The lowest BCUT2D eigenvalue weighted by Gasteiger charge is -2.10. The van der Waals surface area contributed by atoms with E-state index in [2.05, 4.69) is 191 Å². The first kappa shape index (κ1) is 28.0. The fraction of sp³-hybridized carbons (Fsp3) is 0. The summed E-state index contributed by atoms with van der Waals surface area (Å²) in [6.07, 6.45) is 0. The largest absolute Gasteiger partial charge is 0.455 e. The van der Waals surface area contributed by atoms with Crippen LogP contribution in [-0.2, 0) is 0 Å². The molecule has 0 amide bonds. The predicted molar refractivity (Wildman–Crippen MR) is 213 cm³/mol. The third-order valence-corrected chi connectivity index (χ3v) is 10.5. The number of fused-ring (bicyclic) bond motifs is 9. The van der Waals surface area contributed by atoms with Crippen molar-refractivity contribution < 1.29 is 4.42 Å². The number of furan rings is 1. The van der Waals surface area contributed by atoms with E-state index >= 15 is 0 Å². The van der Waals surface area contributed by atoms with Crippen LogP contribution >= 0.6 is 0 Å². The molecule has 0 radical (unpaired) electrons. The Morgan fingerprint density at radius 1 is 0.353 bits per heavy atom. The monoisotopic (exact) mass is 650 g/mol. The van der Waals surface area contributed by atoms with Crippen molar-refractivity contribution in [1.29, 1.82) is 0 Å². The van der Waals surface area contributed by atoms with Gasteiger partial charge in [0.1, 0.15) is 11.2 Å². The molecule has 0 aliphatic rings. The molecule has 3 heterocycles. The molecule has 0 spiro atoms. The molecule has 0 bridgehead atoms.